The first-order valence-corrected chi connectivity index (χ1v) is 25.9. The van der Waals surface area contributed by atoms with Gasteiger partial charge in [0.05, 0.1) is 22.1 Å². The Kier molecular flexibility index (Phi) is 8.95. The summed E-state index contributed by atoms with van der Waals surface area (Å²) in [4.78, 5) is 0. The van der Waals surface area contributed by atoms with E-state index in [0.29, 0.717) is 0 Å². The number of hydrogen-bond acceptors (Lipinski definition) is 0. The van der Waals surface area contributed by atoms with E-state index < -0.39 is 8.07 Å². The molecule has 0 unspecified atom stereocenters. The van der Waals surface area contributed by atoms with E-state index in [1.54, 1.807) is 0 Å². The maximum absolute atomic E-state index is 2.86. The lowest BCUT2D eigenvalue weighted by Crippen LogP contribution is -2.74. The first kappa shape index (κ1) is 39.4. The Morgan fingerprint density at radius 1 is 0.203 bits per heavy atom. The van der Waals surface area contributed by atoms with Crippen LogP contribution in [0.1, 0.15) is 0 Å². The van der Waals surface area contributed by atoms with Gasteiger partial charge < -0.3 is 9.13 Å². The molecule has 0 atom stereocenters. The Hall–Kier alpha value is -8.76. The highest BCUT2D eigenvalue weighted by Crippen LogP contribution is 2.48. The molecular formula is C66H44N2Si. The lowest BCUT2D eigenvalue weighted by molar-refractivity contribution is 1.17. The highest BCUT2D eigenvalue weighted by atomic mass is 28.3. The second-order valence-corrected chi connectivity index (χ2v) is 22.2. The molecule has 0 N–H and O–H groups in total. The summed E-state index contributed by atoms with van der Waals surface area (Å²) in [7, 11) is -2.86. The predicted molar refractivity (Wildman–Crippen MR) is 294 cm³/mol. The van der Waals surface area contributed by atoms with E-state index in [-0.39, 0.29) is 0 Å². The largest absolute Gasteiger partial charge is 0.309 e. The minimum Gasteiger partial charge on any atom is -0.309 e. The van der Waals surface area contributed by atoms with Crippen molar-refractivity contribution < 1.29 is 0 Å². The highest BCUT2D eigenvalue weighted by molar-refractivity contribution is 7.20. The maximum atomic E-state index is 2.55. The number of para-hydroxylation sites is 2. The van der Waals surface area contributed by atoms with Gasteiger partial charge in [-0.3, -0.25) is 0 Å². The number of benzene rings is 11. The summed E-state index contributed by atoms with van der Waals surface area (Å²) in [6, 6.07) is 99.9. The van der Waals surface area contributed by atoms with Crippen LogP contribution in [0.3, 0.4) is 0 Å². The van der Waals surface area contributed by atoms with Gasteiger partial charge in [0.25, 0.3) is 0 Å². The summed E-state index contributed by atoms with van der Waals surface area (Å²) in [6.07, 6.45) is 0. The molecule has 2 aromatic heterocycles. The molecule has 0 radical (unpaired) electrons. The molecular weight excluding hydrogens is 849 g/mol. The quantitative estimate of drug-likeness (QED) is 0.116. The van der Waals surface area contributed by atoms with Crippen molar-refractivity contribution >= 4 is 72.4 Å². The summed E-state index contributed by atoms with van der Waals surface area (Å²) < 4.78 is 4.97. The van der Waals surface area contributed by atoms with Gasteiger partial charge in [0.1, 0.15) is 0 Å². The number of aromatic nitrogens is 2. The molecule has 1 aliphatic carbocycles. The van der Waals surface area contributed by atoms with E-state index in [1.807, 2.05) is 0 Å². The Labute approximate surface area is 402 Å². The van der Waals surface area contributed by atoms with Gasteiger partial charge >= 0.3 is 0 Å². The fourth-order valence-corrected chi connectivity index (χ4v) is 16.7. The highest BCUT2D eigenvalue weighted by Gasteiger charge is 2.41. The average Bonchev–Trinajstić information content (AvgIpc) is 3.94. The number of hydrogen-bond donors (Lipinski definition) is 0. The summed E-state index contributed by atoms with van der Waals surface area (Å²) in [6.45, 7) is 0. The van der Waals surface area contributed by atoms with Gasteiger partial charge in [0, 0.05) is 32.9 Å². The van der Waals surface area contributed by atoms with Crippen molar-refractivity contribution in [2.24, 2.45) is 0 Å². The topological polar surface area (TPSA) is 9.86 Å². The molecule has 2 nitrogen and oxygen atoms in total. The molecule has 14 rings (SSSR count). The molecule has 69 heavy (non-hydrogen) atoms. The molecule has 322 valence electrons. The van der Waals surface area contributed by atoms with Crippen molar-refractivity contribution in [2.45, 2.75) is 0 Å². The normalized spacial score (nSPS) is 12.1. The molecule has 0 amide bonds. The van der Waals surface area contributed by atoms with Gasteiger partial charge in [-0.05, 0) is 114 Å². The van der Waals surface area contributed by atoms with E-state index in [1.165, 1.54) is 109 Å². The van der Waals surface area contributed by atoms with E-state index >= 15 is 0 Å². The third-order valence-electron chi connectivity index (χ3n) is 14.8. The monoisotopic (exact) mass is 892 g/mol. The zero-order valence-corrected chi connectivity index (χ0v) is 38.8. The minimum atomic E-state index is -2.86. The lowest BCUT2D eigenvalue weighted by atomic mass is 9.81. The van der Waals surface area contributed by atoms with Crippen LogP contribution < -0.4 is 20.7 Å². The van der Waals surface area contributed by atoms with Crippen LogP contribution in [0.5, 0.6) is 0 Å². The second-order valence-electron chi connectivity index (χ2n) is 18.4. The van der Waals surface area contributed by atoms with E-state index in [2.05, 4.69) is 276 Å². The molecule has 2 heterocycles. The van der Waals surface area contributed by atoms with E-state index in [0.717, 1.165) is 11.4 Å². The second kappa shape index (κ2) is 15.7. The van der Waals surface area contributed by atoms with Crippen molar-refractivity contribution in [3.63, 3.8) is 0 Å². The molecule has 0 spiro atoms. The summed E-state index contributed by atoms with van der Waals surface area (Å²) in [5.41, 5.74) is 17.0. The molecule has 11 aromatic carbocycles. The zero-order valence-electron chi connectivity index (χ0n) is 37.8. The molecule has 0 fully saturated rings. The smallest absolute Gasteiger partial charge is 0.179 e. The molecule has 0 bridgehead atoms. The Balaban J connectivity index is 1.08. The summed E-state index contributed by atoms with van der Waals surface area (Å²) >= 11 is 0. The van der Waals surface area contributed by atoms with Crippen LogP contribution in [0.4, 0.5) is 0 Å². The van der Waals surface area contributed by atoms with Crippen molar-refractivity contribution in [1.29, 1.82) is 0 Å². The minimum absolute atomic E-state index is 1.13. The summed E-state index contributed by atoms with van der Waals surface area (Å²) in [5, 5.41) is 10.4. The standard InChI is InChI=1S/C66H44N2Si/c1-4-20-47(21-5-1)69(48-22-6-2-7-23-48,49-24-8-3-9-25-49)50-38-41-66-62(44-50)61-43-46(67-63-34-18-16-32-58(63)59-33-17-19-35-64(59)67)37-40-65(61)68(66)45-36-39-57-55-30-13-12-28-53(55)51-26-10-11-27-52(51)54-29-14-15-31-56(54)60(57)42-45/h1-44H. The van der Waals surface area contributed by atoms with Crippen LogP contribution in [0.25, 0.3) is 99.5 Å². The predicted octanol–water partition coefficient (Wildman–Crippen LogP) is 14.2. The average molecular weight is 893 g/mol. The molecule has 3 heteroatoms. The number of rotatable bonds is 6. The third kappa shape index (κ3) is 5.91. The van der Waals surface area contributed by atoms with Gasteiger partial charge in [0.15, 0.2) is 8.07 Å². The van der Waals surface area contributed by atoms with Crippen LogP contribution in [0, 0.1) is 0 Å². The Bertz CT molecular complexity index is 3970. The van der Waals surface area contributed by atoms with Gasteiger partial charge in [-0.25, -0.2) is 0 Å². The van der Waals surface area contributed by atoms with Gasteiger partial charge in [-0.2, -0.15) is 0 Å². The van der Waals surface area contributed by atoms with Crippen LogP contribution in [-0.2, 0) is 0 Å². The van der Waals surface area contributed by atoms with E-state index in [4.69, 9.17) is 0 Å². The molecule has 0 aliphatic heterocycles. The Morgan fingerprint density at radius 2 is 0.536 bits per heavy atom. The van der Waals surface area contributed by atoms with Crippen LogP contribution in [-0.4, -0.2) is 17.2 Å². The van der Waals surface area contributed by atoms with Gasteiger partial charge in [-0.1, -0.05) is 218 Å². The van der Waals surface area contributed by atoms with Crippen LogP contribution in [0.15, 0.2) is 267 Å². The summed E-state index contributed by atoms with van der Waals surface area (Å²) in [5.74, 6) is 0. The van der Waals surface area contributed by atoms with Crippen molar-refractivity contribution in [2.75, 3.05) is 0 Å². The SMILES string of the molecule is c1ccc([Si](c2ccccc2)(c2ccccc2)c2ccc3c(c2)c2cc(-n4c5ccccc5c5ccccc54)ccc2n3-c2ccc3c(c2)-c2ccccc2-c2ccccc2-c2ccccc2-3)cc1. The Morgan fingerprint density at radius 3 is 1.01 bits per heavy atom. The van der Waals surface area contributed by atoms with Crippen molar-refractivity contribution in [3.05, 3.63) is 267 Å². The fourth-order valence-electron chi connectivity index (χ4n) is 11.9. The van der Waals surface area contributed by atoms with Crippen LogP contribution in [0.2, 0.25) is 0 Å². The molecule has 0 saturated carbocycles. The third-order valence-corrected chi connectivity index (χ3v) is 19.6. The van der Waals surface area contributed by atoms with Gasteiger partial charge in [0.2, 0.25) is 0 Å². The first-order valence-electron chi connectivity index (χ1n) is 23.9. The van der Waals surface area contributed by atoms with E-state index in [9.17, 15) is 0 Å². The van der Waals surface area contributed by atoms with Crippen molar-refractivity contribution in [3.8, 4) is 55.9 Å². The first-order chi connectivity index (χ1) is 34.3. The maximum Gasteiger partial charge on any atom is 0.179 e. The van der Waals surface area contributed by atoms with Crippen molar-refractivity contribution in [1.82, 2.24) is 9.13 Å². The number of fused-ring (bicyclic) bond motifs is 14. The van der Waals surface area contributed by atoms with Gasteiger partial charge in [-0.15, -0.1) is 0 Å². The number of nitrogens with zero attached hydrogens (tertiary/aromatic N) is 2. The molecule has 1 aliphatic rings. The zero-order chi connectivity index (χ0) is 45.5. The molecule has 0 saturated heterocycles. The fraction of sp³-hybridized carbons (Fsp3) is 0. The lowest BCUT2D eigenvalue weighted by Gasteiger charge is -2.34. The van der Waals surface area contributed by atoms with Crippen LogP contribution >= 0.6 is 0 Å². The molecule has 13 aromatic rings.